The SMILES string of the molecule is O=C(N/N=C/c1cccc(OCc2ccccc2F)c1)c1ccncc1. The second-order valence-corrected chi connectivity index (χ2v) is 5.39. The lowest BCUT2D eigenvalue weighted by molar-refractivity contribution is 0.0955. The number of nitrogens with zero attached hydrogens (tertiary/aromatic N) is 2. The van der Waals surface area contributed by atoms with Crippen LogP contribution in [0.1, 0.15) is 21.5 Å². The summed E-state index contributed by atoms with van der Waals surface area (Å²) >= 11 is 0. The van der Waals surface area contributed by atoms with Gasteiger partial charge in [-0.2, -0.15) is 5.10 Å². The molecular formula is C20H16FN3O2. The van der Waals surface area contributed by atoms with E-state index in [1.54, 1.807) is 48.5 Å². The van der Waals surface area contributed by atoms with Gasteiger partial charge >= 0.3 is 0 Å². The summed E-state index contributed by atoms with van der Waals surface area (Å²) in [5.41, 5.74) is 4.14. The molecule has 3 aromatic rings. The predicted molar refractivity (Wildman–Crippen MR) is 96.5 cm³/mol. The maximum absolute atomic E-state index is 13.6. The molecule has 1 amide bonds. The van der Waals surface area contributed by atoms with Gasteiger partial charge in [0.25, 0.3) is 5.91 Å². The van der Waals surface area contributed by atoms with Crippen molar-refractivity contribution in [2.75, 3.05) is 0 Å². The number of ether oxygens (including phenoxy) is 1. The highest BCUT2D eigenvalue weighted by Crippen LogP contribution is 2.15. The van der Waals surface area contributed by atoms with Crippen molar-refractivity contribution in [1.29, 1.82) is 0 Å². The van der Waals surface area contributed by atoms with E-state index < -0.39 is 0 Å². The zero-order valence-electron chi connectivity index (χ0n) is 13.8. The highest BCUT2D eigenvalue weighted by atomic mass is 19.1. The lowest BCUT2D eigenvalue weighted by Crippen LogP contribution is -2.17. The van der Waals surface area contributed by atoms with E-state index in [-0.39, 0.29) is 18.3 Å². The molecule has 1 N–H and O–H groups in total. The van der Waals surface area contributed by atoms with E-state index in [9.17, 15) is 9.18 Å². The average molecular weight is 349 g/mol. The Balaban J connectivity index is 1.58. The number of pyridine rings is 1. The molecule has 0 aliphatic rings. The van der Waals surface area contributed by atoms with Crippen molar-refractivity contribution in [1.82, 2.24) is 10.4 Å². The van der Waals surface area contributed by atoms with Crippen LogP contribution >= 0.6 is 0 Å². The summed E-state index contributed by atoms with van der Waals surface area (Å²) in [5, 5.41) is 3.93. The van der Waals surface area contributed by atoms with Gasteiger partial charge in [0.05, 0.1) is 6.21 Å². The van der Waals surface area contributed by atoms with Crippen LogP contribution in [0.4, 0.5) is 4.39 Å². The zero-order chi connectivity index (χ0) is 18.2. The van der Waals surface area contributed by atoms with Crippen LogP contribution in [0.25, 0.3) is 0 Å². The standard InChI is InChI=1S/C20H16FN3O2/c21-19-7-2-1-5-17(19)14-26-18-6-3-4-15(12-18)13-23-24-20(25)16-8-10-22-11-9-16/h1-13H,14H2,(H,24,25)/b23-13+. The van der Waals surface area contributed by atoms with E-state index in [1.165, 1.54) is 24.7 Å². The first-order valence-electron chi connectivity index (χ1n) is 7.92. The van der Waals surface area contributed by atoms with Crippen LogP contribution in [0, 0.1) is 5.82 Å². The Hall–Kier alpha value is -3.54. The van der Waals surface area contributed by atoms with Crippen LogP contribution in [0.3, 0.4) is 0 Å². The second kappa shape index (κ2) is 8.53. The summed E-state index contributed by atoms with van der Waals surface area (Å²) in [7, 11) is 0. The Morgan fingerprint density at radius 1 is 1.12 bits per heavy atom. The first kappa shape index (κ1) is 17.3. The van der Waals surface area contributed by atoms with Crippen molar-refractivity contribution < 1.29 is 13.9 Å². The van der Waals surface area contributed by atoms with Crippen molar-refractivity contribution in [2.45, 2.75) is 6.61 Å². The van der Waals surface area contributed by atoms with Crippen molar-refractivity contribution in [2.24, 2.45) is 5.10 Å². The summed E-state index contributed by atoms with van der Waals surface area (Å²) in [6, 6.07) is 16.8. The lowest BCUT2D eigenvalue weighted by atomic mass is 10.2. The van der Waals surface area contributed by atoms with E-state index in [2.05, 4.69) is 15.5 Å². The molecule has 1 heterocycles. The number of carbonyl (C=O) groups excluding carboxylic acids is 1. The van der Waals surface area contributed by atoms with Crippen LogP contribution in [0.5, 0.6) is 5.75 Å². The number of halogens is 1. The molecule has 0 unspecified atom stereocenters. The van der Waals surface area contributed by atoms with E-state index >= 15 is 0 Å². The molecule has 0 spiro atoms. The highest BCUT2D eigenvalue weighted by Gasteiger charge is 2.03. The Kier molecular flexibility index (Phi) is 5.67. The fourth-order valence-corrected chi connectivity index (χ4v) is 2.19. The maximum Gasteiger partial charge on any atom is 0.271 e. The van der Waals surface area contributed by atoms with Crippen LogP contribution < -0.4 is 10.2 Å². The van der Waals surface area contributed by atoms with Gasteiger partial charge in [-0.1, -0.05) is 30.3 Å². The summed E-state index contributed by atoms with van der Waals surface area (Å²) in [5.74, 6) is -0.0442. The third-order valence-electron chi connectivity index (χ3n) is 3.53. The Bertz CT molecular complexity index is 914. The Labute approximate surface area is 150 Å². The summed E-state index contributed by atoms with van der Waals surface area (Å²) < 4.78 is 19.2. The molecule has 0 bridgehead atoms. The summed E-state index contributed by atoms with van der Waals surface area (Å²) in [6.07, 6.45) is 4.58. The minimum Gasteiger partial charge on any atom is -0.489 e. The molecule has 0 atom stereocenters. The number of benzene rings is 2. The lowest BCUT2D eigenvalue weighted by Gasteiger charge is -2.07. The van der Waals surface area contributed by atoms with Gasteiger partial charge in [-0.15, -0.1) is 0 Å². The smallest absolute Gasteiger partial charge is 0.271 e. The third-order valence-corrected chi connectivity index (χ3v) is 3.53. The third kappa shape index (κ3) is 4.73. The minimum absolute atomic E-state index is 0.131. The summed E-state index contributed by atoms with van der Waals surface area (Å²) in [6.45, 7) is 0.131. The van der Waals surface area contributed by atoms with Gasteiger partial charge in [-0.05, 0) is 35.9 Å². The first-order valence-corrected chi connectivity index (χ1v) is 7.92. The van der Waals surface area contributed by atoms with E-state index in [4.69, 9.17) is 4.74 Å². The van der Waals surface area contributed by atoms with Gasteiger partial charge in [0.15, 0.2) is 0 Å². The van der Waals surface area contributed by atoms with Gasteiger partial charge in [0.1, 0.15) is 18.2 Å². The van der Waals surface area contributed by atoms with E-state index in [0.717, 1.165) is 5.56 Å². The quantitative estimate of drug-likeness (QED) is 0.547. The van der Waals surface area contributed by atoms with Crippen LogP contribution in [-0.2, 0) is 6.61 Å². The van der Waals surface area contributed by atoms with Crippen molar-refractivity contribution >= 4 is 12.1 Å². The molecule has 0 saturated heterocycles. The predicted octanol–water partition coefficient (Wildman–Crippen LogP) is 3.56. The fraction of sp³-hybridized carbons (Fsp3) is 0.0500. The number of nitrogens with one attached hydrogen (secondary N) is 1. The molecule has 0 aliphatic heterocycles. The normalized spacial score (nSPS) is 10.7. The van der Waals surface area contributed by atoms with Crippen LogP contribution in [0.2, 0.25) is 0 Å². The topological polar surface area (TPSA) is 63.6 Å². The maximum atomic E-state index is 13.6. The Morgan fingerprint density at radius 2 is 1.92 bits per heavy atom. The number of hydrogen-bond donors (Lipinski definition) is 1. The number of amides is 1. The second-order valence-electron chi connectivity index (χ2n) is 5.39. The molecule has 2 aromatic carbocycles. The molecule has 0 saturated carbocycles. The Morgan fingerprint density at radius 3 is 2.73 bits per heavy atom. The fourth-order valence-electron chi connectivity index (χ4n) is 2.19. The monoisotopic (exact) mass is 349 g/mol. The van der Waals surface area contributed by atoms with E-state index in [1.807, 2.05) is 6.07 Å². The number of carbonyl (C=O) groups is 1. The molecule has 5 nitrogen and oxygen atoms in total. The molecule has 0 aliphatic carbocycles. The molecule has 130 valence electrons. The van der Waals surface area contributed by atoms with Gasteiger partial charge in [-0.25, -0.2) is 9.82 Å². The largest absolute Gasteiger partial charge is 0.489 e. The van der Waals surface area contributed by atoms with Crippen molar-refractivity contribution in [3.05, 3.63) is 95.6 Å². The number of rotatable bonds is 6. The number of hydrogen-bond acceptors (Lipinski definition) is 4. The molecule has 1 aromatic heterocycles. The molecule has 26 heavy (non-hydrogen) atoms. The van der Waals surface area contributed by atoms with Gasteiger partial charge in [0, 0.05) is 23.5 Å². The number of aromatic nitrogens is 1. The van der Waals surface area contributed by atoms with E-state index in [0.29, 0.717) is 16.9 Å². The van der Waals surface area contributed by atoms with Crippen molar-refractivity contribution in [3.63, 3.8) is 0 Å². The van der Waals surface area contributed by atoms with Gasteiger partial charge in [-0.3, -0.25) is 9.78 Å². The molecule has 3 rings (SSSR count). The first-order chi connectivity index (χ1) is 12.7. The minimum atomic E-state index is -0.324. The van der Waals surface area contributed by atoms with Crippen molar-refractivity contribution in [3.8, 4) is 5.75 Å². The van der Waals surface area contributed by atoms with Gasteiger partial charge in [0.2, 0.25) is 0 Å². The molecular weight excluding hydrogens is 333 g/mol. The molecule has 0 radical (unpaired) electrons. The highest BCUT2D eigenvalue weighted by molar-refractivity contribution is 5.94. The zero-order valence-corrected chi connectivity index (χ0v) is 13.8. The average Bonchev–Trinajstić information content (AvgIpc) is 2.68. The van der Waals surface area contributed by atoms with Crippen LogP contribution in [0.15, 0.2) is 78.2 Å². The number of hydrazone groups is 1. The summed E-state index contributed by atoms with van der Waals surface area (Å²) in [4.78, 5) is 15.7. The van der Waals surface area contributed by atoms with Gasteiger partial charge < -0.3 is 4.74 Å². The van der Waals surface area contributed by atoms with Crippen LogP contribution in [-0.4, -0.2) is 17.1 Å². The molecule has 0 fully saturated rings. The molecule has 6 heteroatoms.